The van der Waals surface area contributed by atoms with Crippen molar-refractivity contribution in [2.24, 2.45) is 17.8 Å². The number of unbranched alkanes of at least 4 members (excludes halogenated alkanes) is 1. The summed E-state index contributed by atoms with van der Waals surface area (Å²) < 4.78 is 15.8. The van der Waals surface area contributed by atoms with Crippen LogP contribution in [0.4, 0.5) is 20.1 Å². The molecule has 0 spiro atoms. The molecule has 6 N–H and O–H groups in total. The number of thiophene rings is 1. The summed E-state index contributed by atoms with van der Waals surface area (Å²) in [4.78, 5) is 119. The Kier molecular flexibility index (Phi) is 21.0. The van der Waals surface area contributed by atoms with Crippen molar-refractivity contribution < 1.29 is 52.9 Å². The molecule has 1 aliphatic carbocycles. The Balaban J connectivity index is 0.658. The number of H-pyrrole nitrogens is 2. The van der Waals surface area contributed by atoms with Crippen molar-refractivity contribution in [1.82, 2.24) is 50.6 Å². The molecule has 5 aliphatic rings. The maximum absolute atomic E-state index is 14.5. The molecule has 22 nitrogen and oxygen atoms in total. The van der Waals surface area contributed by atoms with Crippen molar-refractivity contribution in [3.8, 4) is 44.1 Å². The molecule has 5 atom stereocenters. The van der Waals surface area contributed by atoms with E-state index in [0.29, 0.717) is 114 Å². The lowest BCUT2D eigenvalue weighted by molar-refractivity contribution is -0.136. The predicted molar refractivity (Wildman–Crippen MR) is 348 cm³/mol. The van der Waals surface area contributed by atoms with Gasteiger partial charge in [0.15, 0.2) is 0 Å². The summed E-state index contributed by atoms with van der Waals surface area (Å²) in [6.45, 7) is 9.10. The van der Waals surface area contributed by atoms with Gasteiger partial charge < -0.3 is 64.8 Å². The van der Waals surface area contributed by atoms with Crippen LogP contribution in [0.15, 0.2) is 97.3 Å². The van der Waals surface area contributed by atoms with E-state index in [1.807, 2.05) is 79.4 Å². The number of carbonyl (C=O) groups excluding carboxylic acids is 6. The zero-order chi connectivity index (χ0) is 64.4. The number of benzene rings is 3. The van der Waals surface area contributed by atoms with E-state index in [1.165, 1.54) is 18.4 Å². The Morgan fingerprint density at radius 1 is 0.707 bits per heavy atom. The number of aromatic amines is 2. The van der Waals surface area contributed by atoms with Gasteiger partial charge in [-0.2, -0.15) is 0 Å². The van der Waals surface area contributed by atoms with Crippen LogP contribution >= 0.6 is 11.3 Å². The molecule has 7 amide bonds. The Bertz CT molecular complexity index is 3530. The molecule has 0 radical (unpaired) electrons. The van der Waals surface area contributed by atoms with E-state index in [0.717, 1.165) is 89.0 Å². The third-order valence-electron chi connectivity index (χ3n) is 18.9. The first-order valence-electron chi connectivity index (χ1n) is 32.7. The number of hydrogen-bond donors (Lipinski definition) is 6. The monoisotopic (exact) mass is 1280 g/mol. The van der Waals surface area contributed by atoms with E-state index in [-0.39, 0.29) is 64.7 Å². The van der Waals surface area contributed by atoms with Crippen LogP contribution in [0.25, 0.3) is 44.1 Å². The number of methoxy groups -OCH3 is 1. The highest BCUT2D eigenvalue weighted by atomic mass is 32.1. The van der Waals surface area contributed by atoms with Crippen molar-refractivity contribution in [2.45, 2.75) is 147 Å². The number of hydrogen-bond acceptors (Lipinski definition) is 13. The second-order valence-electron chi connectivity index (χ2n) is 25.5. The third kappa shape index (κ3) is 15.2. The van der Waals surface area contributed by atoms with Crippen LogP contribution < -0.4 is 20.9 Å². The SMILES string of the molecule is COC(=O)N[C@@H](CCCCNC(=O)N1CCC(N(C(=O)C2CCC(C)CC2)c2cc(-c3ccccc3)sc2C(=O)O)CC1)C(=O)N1CCC[C@H]1c1ncc(-c2ccc(-c3ccc(-c4cnc([C@@H]5CCCN5C(=O)[C@@H](NC(=O)O[C@@H]5CCOC5)C(C)C)[nH]4)cc3)cc2)[nH]1. The zero-order valence-corrected chi connectivity index (χ0v) is 53.7. The fraction of sp³-hybridized carbons (Fsp3) is 0.493. The fourth-order valence-corrected chi connectivity index (χ4v) is 14.6. The van der Waals surface area contributed by atoms with E-state index in [9.17, 15) is 38.7 Å². The van der Waals surface area contributed by atoms with Gasteiger partial charge in [0, 0.05) is 56.0 Å². The van der Waals surface area contributed by atoms with Gasteiger partial charge in [-0.15, -0.1) is 11.3 Å². The molecule has 488 valence electrons. The summed E-state index contributed by atoms with van der Waals surface area (Å²) in [5.41, 5.74) is 6.85. The first-order chi connectivity index (χ1) is 44.6. The normalized spacial score (nSPS) is 20.8. The number of urea groups is 1. The van der Waals surface area contributed by atoms with Gasteiger partial charge >= 0.3 is 24.2 Å². The fourth-order valence-electron chi connectivity index (χ4n) is 13.7. The van der Waals surface area contributed by atoms with Crippen molar-refractivity contribution in [1.29, 1.82) is 0 Å². The van der Waals surface area contributed by atoms with E-state index in [2.05, 4.69) is 57.1 Å². The number of anilines is 1. The molecule has 4 aliphatic heterocycles. The number of rotatable bonds is 21. The molecular weight excluding hydrogens is 1190 g/mol. The van der Waals surface area contributed by atoms with Crippen molar-refractivity contribution >= 4 is 58.9 Å². The summed E-state index contributed by atoms with van der Waals surface area (Å²) in [6.07, 6.45) is 11.4. The molecule has 1 saturated carbocycles. The van der Waals surface area contributed by atoms with Crippen LogP contribution in [0.5, 0.6) is 0 Å². The molecule has 7 heterocycles. The number of piperidine rings is 1. The van der Waals surface area contributed by atoms with Crippen LogP contribution in [0, 0.1) is 17.8 Å². The predicted octanol–water partition coefficient (Wildman–Crippen LogP) is 11.4. The standard InChI is InChI=1S/C69H85N11O11S/c1-42(2)59(76-69(88)91-51-31-37-90-41-51)65(83)79-34-11-16-56(79)62-72-40-54(74-62)47-27-23-45(24-28-47)44-21-25-46(26-22-44)53-39-71-61(73-53)55-15-10-33-78(55)64(82)52(75-68(87)89-4)14-8-9-32-70-67(86)77-35-29-50(30-36-77)80(63(81)49-19-17-43(3)18-20-49)57-38-58(92-60(57)66(84)85)48-12-6-5-7-13-48/h5-7,12-13,21-28,38-40,42-43,49-52,55-56,59H,8-11,14-20,29-37,41H2,1-4H3,(H,70,86)(H,71,73)(H,72,74)(H,75,87)(H,76,88)(H,84,85)/t43?,49?,51-,52+,55+,56+,59+/m1/s1. The van der Waals surface area contributed by atoms with Gasteiger partial charge in [-0.05, 0) is 129 Å². The average molecular weight is 1280 g/mol. The number of imidazole rings is 2. The summed E-state index contributed by atoms with van der Waals surface area (Å²) in [6, 6.07) is 25.1. The molecule has 0 bridgehead atoms. The van der Waals surface area contributed by atoms with Crippen molar-refractivity contribution in [3.05, 3.63) is 114 Å². The number of aromatic carboxylic acids is 1. The molecule has 92 heavy (non-hydrogen) atoms. The van der Waals surface area contributed by atoms with Crippen molar-refractivity contribution in [3.63, 3.8) is 0 Å². The highest BCUT2D eigenvalue weighted by Gasteiger charge is 2.41. The summed E-state index contributed by atoms with van der Waals surface area (Å²) in [5.74, 6) is 0.0381. The molecule has 11 rings (SSSR count). The lowest BCUT2D eigenvalue weighted by Gasteiger charge is -2.40. The molecule has 5 fully saturated rings. The Morgan fingerprint density at radius 2 is 1.30 bits per heavy atom. The van der Waals surface area contributed by atoms with E-state index in [1.54, 1.807) is 27.1 Å². The summed E-state index contributed by atoms with van der Waals surface area (Å²) in [7, 11) is 1.26. The second-order valence-corrected chi connectivity index (χ2v) is 26.5. The van der Waals surface area contributed by atoms with Gasteiger partial charge in [-0.3, -0.25) is 14.4 Å². The molecule has 23 heteroatoms. The Hall–Kier alpha value is -8.57. The molecule has 4 saturated heterocycles. The molecule has 0 unspecified atom stereocenters. The Labute approximate surface area is 540 Å². The minimum atomic E-state index is -1.07. The maximum Gasteiger partial charge on any atom is 0.408 e. The van der Waals surface area contributed by atoms with E-state index < -0.39 is 30.2 Å². The van der Waals surface area contributed by atoms with Crippen LogP contribution in [0.1, 0.15) is 144 Å². The summed E-state index contributed by atoms with van der Waals surface area (Å²) in [5, 5.41) is 19.1. The lowest BCUT2D eigenvalue weighted by Crippen LogP contribution is -2.52. The van der Waals surface area contributed by atoms with Crippen LogP contribution in [-0.2, 0) is 28.6 Å². The van der Waals surface area contributed by atoms with Crippen LogP contribution in [0.3, 0.4) is 0 Å². The van der Waals surface area contributed by atoms with Gasteiger partial charge in [0.2, 0.25) is 17.7 Å². The quantitative estimate of drug-likeness (QED) is 0.0366. The van der Waals surface area contributed by atoms with Crippen molar-refractivity contribution in [2.75, 3.05) is 57.9 Å². The number of aromatic nitrogens is 4. The second kappa shape index (κ2) is 29.8. The number of nitrogens with one attached hydrogen (secondary N) is 5. The van der Waals surface area contributed by atoms with Gasteiger partial charge in [0.1, 0.15) is 34.7 Å². The number of carboxylic acids is 1. The van der Waals surface area contributed by atoms with Gasteiger partial charge in [0.05, 0.1) is 61.9 Å². The topological polar surface area (TPSA) is 274 Å². The smallest absolute Gasteiger partial charge is 0.408 e. The number of ether oxygens (including phenoxy) is 3. The average Bonchev–Trinajstić information content (AvgIpc) is 1.60. The molecule has 6 aromatic rings. The lowest BCUT2D eigenvalue weighted by atomic mass is 9.82. The zero-order valence-electron chi connectivity index (χ0n) is 52.9. The third-order valence-corrected chi connectivity index (χ3v) is 20.1. The number of amides is 7. The highest BCUT2D eigenvalue weighted by molar-refractivity contribution is 7.18. The van der Waals surface area contributed by atoms with Crippen LogP contribution in [-0.4, -0.2) is 159 Å². The maximum atomic E-state index is 14.5. The van der Waals surface area contributed by atoms with Gasteiger partial charge in [0.25, 0.3) is 0 Å². The minimum Gasteiger partial charge on any atom is -0.477 e. The van der Waals surface area contributed by atoms with E-state index >= 15 is 0 Å². The minimum absolute atomic E-state index is 0.0365. The van der Waals surface area contributed by atoms with Crippen LogP contribution in [0.2, 0.25) is 0 Å². The number of likely N-dealkylation sites (tertiary alicyclic amines) is 3. The largest absolute Gasteiger partial charge is 0.477 e. The number of carboxylic acid groups (broad SMARTS) is 1. The highest BCUT2D eigenvalue weighted by Crippen LogP contribution is 2.42. The number of carbonyl (C=O) groups is 7. The van der Waals surface area contributed by atoms with E-state index in [4.69, 9.17) is 24.2 Å². The van der Waals surface area contributed by atoms with Gasteiger partial charge in [-0.1, -0.05) is 99.6 Å². The summed E-state index contributed by atoms with van der Waals surface area (Å²) >= 11 is 1.18. The number of nitrogens with zero attached hydrogens (tertiary/aromatic N) is 6. The first-order valence-corrected chi connectivity index (χ1v) is 33.5. The Morgan fingerprint density at radius 3 is 1.87 bits per heavy atom. The molecular formula is C69H85N11O11S. The molecule has 3 aromatic heterocycles. The first kappa shape index (κ1) is 64.9. The van der Waals surface area contributed by atoms with Gasteiger partial charge in [-0.25, -0.2) is 29.1 Å². The molecule has 3 aromatic carbocycles. The number of alkyl carbamates (subject to hydrolysis) is 2.